The molecule has 4 rings (SSSR count). The third-order valence-corrected chi connectivity index (χ3v) is 10.2. The highest BCUT2D eigenvalue weighted by Gasteiger charge is 2.24. The lowest BCUT2D eigenvalue weighted by Gasteiger charge is -2.29. The van der Waals surface area contributed by atoms with Crippen molar-refractivity contribution in [2.75, 3.05) is 0 Å². The van der Waals surface area contributed by atoms with Crippen LogP contribution in [-0.2, 0) is 0 Å². The van der Waals surface area contributed by atoms with Crippen molar-refractivity contribution in [3.63, 3.8) is 0 Å². The van der Waals surface area contributed by atoms with E-state index < -0.39 is 0 Å². The van der Waals surface area contributed by atoms with E-state index in [0.717, 1.165) is 29.1 Å². The maximum Gasteiger partial charge on any atom is 0.159 e. The van der Waals surface area contributed by atoms with Crippen molar-refractivity contribution in [2.24, 2.45) is 11.8 Å². The molecule has 1 aromatic carbocycles. The van der Waals surface area contributed by atoms with Crippen LogP contribution >= 0.6 is 0 Å². The summed E-state index contributed by atoms with van der Waals surface area (Å²) >= 11 is 0. The standard InChI is InChI=1S/C37H58N2/c1-3-5-7-9-10-11-13-15-31-18-22-34(23-19-31)36-28-38-37(39-29-36)35-26-24-33(25-27-35)32-20-16-30(17-21-32)14-12-8-6-4-2/h24-32,34H,3-23H2,1-2H3/t30-,31-,32-,34-. The molecular formula is C37H58N2. The summed E-state index contributed by atoms with van der Waals surface area (Å²) in [6.07, 6.45) is 33.8. The first-order valence-electron chi connectivity index (χ1n) is 17.2. The molecule has 216 valence electrons. The van der Waals surface area contributed by atoms with Crippen LogP contribution in [0.1, 0.15) is 172 Å². The summed E-state index contributed by atoms with van der Waals surface area (Å²) in [6, 6.07) is 9.23. The minimum absolute atomic E-state index is 0.661. The van der Waals surface area contributed by atoms with Crippen molar-refractivity contribution in [3.8, 4) is 11.4 Å². The molecule has 2 aliphatic carbocycles. The molecule has 0 radical (unpaired) electrons. The van der Waals surface area contributed by atoms with Gasteiger partial charge in [-0.2, -0.15) is 0 Å². The van der Waals surface area contributed by atoms with E-state index in [2.05, 4.69) is 50.5 Å². The monoisotopic (exact) mass is 530 g/mol. The van der Waals surface area contributed by atoms with Gasteiger partial charge in [-0.3, -0.25) is 0 Å². The van der Waals surface area contributed by atoms with Gasteiger partial charge in [-0.15, -0.1) is 0 Å². The SMILES string of the molecule is CCCCCCCCC[C@H]1CC[C@H](c2cnc(-c3ccc([C@H]4CC[C@H](CCCCCC)CC4)cc3)nc2)CC1. The number of hydrogen-bond acceptors (Lipinski definition) is 2. The largest absolute Gasteiger partial charge is 0.236 e. The molecule has 0 aliphatic heterocycles. The first-order valence-corrected chi connectivity index (χ1v) is 17.2. The third-order valence-electron chi connectivity index (χ3n) is 10.2. The van der Waals surface area contributed by atoms with Crippen molar-refractivity contribution < 1.29 is 0 Å². The zero-order valence-corrected chi connectivity index (χ0v) is 25.5. The molecule has 0 amide bonds. The minimum Gasteiger partial charge on any atom is -0.236 e. The number of aromatic nitrogens is 2. The average molecular weight is 531 g/mol. The lowest BCUT2D eigenvalue weighted by atomic mass is 9.77. The zero-order chi connectivity index (χ0) is 27.1. The first kappa shape index (κ1) is 30.3. The molecule has 0 spiro atoms. The molecule has 1 heterocycles. The van der Waals surface area contributed by atoms with Gasteiger partial charge >= 0.3 is 0 Å². The van der Waals surface area contributed by atoms with Crippen LogP contribution in [0.25, 0.3) is 11.4 Å². The van der Waals surface area contributed by atoms with Crippen molar-refractivity contribution in [3.05, 3.63) is 47.8 Å². The van der Waals surface area contributed by atoms with Gasteiger partial charge in [-0.1, -0.05) is 122 Å². The van der Waals surface area contributed by atoms with Gasteiger partial charge in [0, 0.05) is 18.0 Å². The Hall–Kier alpha value is -1.70. The number of benzene rings is 1. The van der Waals surface area contributed by atoms with Crippen LogP contribution in [0.5, 0.6) is 0 Å². The van der Waals surface area contributed by atoms with E-state index in [-0.39, 0.29) is 0 Å². The van der Waals surface area contributed by atoms with E-state index in [1.807, 2.05) is 0 Å². The van der Waals surface area contributed by atoms with Crippen LogP contribution in [0.4, 0.5) is 0 Å². The highest BCUT2D eigenvalue weighted by Crippen LogP contribution is 2.39. The Kier molecular flexibility index (Phi) is 13.3. The van der Waals surface area contributed by atoms with Gasteiger partial charge in [0.1, 0.15) is 0 Å². The molecular weight excluding hydrogens is 472 g/mol. The van der Waals surface area contributed by atoms with E-state index in [4.69, 9.17) is 9.97 Å². The van der Waals surface area contributed by atoms with Gasteiger partial charge in [0.05, 0.1) is 0 Å². The molecule has 1 aromatic heterocycles. The molecule has 0 bridgehead atoms. The van der Waals surface area contributed by atoms with Gasteiger partial charge in [-0.05, 0) is 86.2 Å². The molecule has 39 heavy (non-hydrogen) atoms. The Bertz CT molecular complexity index is 886. The highest BCUT2D eigenvalue weighted by molar-refractivity contribution is 5.55. The maximum atomic E-state index is 4.82. The predicted molar refractivity (Wildman–Crippen MR) is 168 cm³/mol. The van der Waals surface area contributed by atoms with Crippen molar-refractivity contribution >= 4 is 0 Å². The van der Waals surface area contributed by atoms with Crippen LogP contribution in [0, 0.1) is 11.8 Å². The smallest absolute Gasteiger partial charge is 0.159 e. The van der Waals surface area contributed by atoms with E-state index in [1.165, 1.54) is 146 Å². The summed E-state index contributed by atoms with van der Waals surface area (Å²) < 4.78 is 0. The topological polar surface area (TPSA) is 25.8 Å². The van der Waals surface area contributed by atoms with E-state index in [1.54, 1.807) is 0 Å². The van der Waals surface area contributed by atoms with Crippen LogP contribution in [0.2, 0.25) is 0 Å². The molecule has 0 saturated heterocycles. The Morgan fingerprint density at radius 1 is 0.513 bits per heavy atom. The Balaban J connectivity index is 1.16. The number of rotatable bonds is 16. The van der Waals surface area contributed by atoms with Crippen LogP contribution in [0.15, 0.2) is 36.7 Å². The first-order chi connectivity index (χ1) is 19.3. The molecule has 2 aromatic rings. The fourth-order valence-corrected chi connectivity index (χ4v) is 7.42. The molecule has 0 atom stereocenters. The van der Waals surface area contributed by atoms with Crippen LogP contribution in [0.3, 0.4) is 0 Å². The maximum absolute atomic E-state index is 4.82. The summed E-state index contributed by atoms with van der Waals surface area (Å²) in [5.74, 6) is 4.22. The van der Waals surface area contributed by atoms with Crippen molar-refractivity contribution in [1.82, 2.24) is 9.97 Å². The van der Waals surface area contributed by atoms with Crippen molar-refractivity contribution in [1.29, 1.82) is 0 Å². The summed E-state index contributed by atoms with van der Waals surface area (Å²) in [7, 11) is 0. The molecule has 0 N–H and O–H groups in total. The Morgan fingerprint density at radius 2 is 0.949 bits per heavy atom. The van der Waals surface area contributed by atoms with E-state index in [0.29, 0.717) is 5.92 Å². The molecule has 0 unspecified atom stereocenters. The molecule has 2 nitrogen and oxygen atoms in total. The van der Waals surface area contributed by atoms with Crippen LogP contribution < -0.4 is 0 Å². The molecule has 2 heteroatoms. The molecule has 2 aliphatic rings. The summed E-state index contributed by atoms with van der Waals surface area (Å²) in [6.45, 7) is 4.61. The second kappa shape index (κ2) is 17.2. The van der Waals surface area contributed by atoms with Gasteiger partial charge in [0.25, 0.3) is 0 Å². The normalized spacial score (nSPS) is 23.6. The van der Waals surface area contributed by atoms with Gasteiger partial charge < -0.3 is 0 Å². The van der Waals surface area contributed by atoms with Crippen molar-refractivity contribution in [2.45, 2.75) is 161 Å². The van der Waals surface area contributed by atoms with Gasteiger partial charge in [0.2, 0.25) is 0 Å². The number of unbranched alkanes of at least 4 members (excludes halogenated alkanes) is 9. The second-order valence-electron chi connectivity index (χ2n) is 13.2. The highest BCUT2D eigenvalue weighted by atomic mass is 14.9. The summed E-state index contributed by atoms with van der Waals surface area (Å²) in [5, 5.41) is 0. The minimum atomic E-state index is 0.661. The Morgan fingerprint density at radius 3 is 1.46 bits per heavy atom. The van der Waals surface area contributed by atoms with Gasteiger partial charge in [-0.25, -0.2) is 9.97 Å². The predicted octanol–water partition coefficient (Wildman–Crippen LogP) is 11.8. The van der Waals surface area contributed by atoms with Gasteiger partial charge in [0.15, 0.2) is 5.82 Å². The zero-order valence-electron chi connectivity index (χ0n) is 25.5. The second-order valence-corrected chi connectivity index (χ2v) is 13.2. The fraction of sp³-hybridized carbons (Fsp3) is 0.730. The summed E-state index contributed by atoms with van der Waals surface area (Å²) in [5.41, 5.74) is 4.04. The average Bonchev–Trinajstić information content (AvgIpc) is 3.00. The Labute approximate surface area is 241 Å². The summed E-state index contributed by atoms with van der Waals surface area (Å²) in [4.78, 5) is 9.63. The third kappa shape index (κ3) is 10.0. The number of nitrogens with zero attached hydrogens (tertiary/aromatic N) is 2. The molecule has 2 fully saturated rings. The van der Waals surface area contributed by atoms with E-state index in [9.17, 15) is 0 Å². The quantitative estimate of drug-likeness (QED) is 0.202. The van der Waals surface area contributed by atoms with Crippen LogP contribution in [-0.4, -0.2) is 9.97 Å². The van der Waals surface area contributed by atoms with E-state index >= 15 is 0 Å². The lowest BCUT2D eigenvalue weighted by Crippen LogP contribution is -2.14. The number of hydrogen-bond donors (Lipinski definition) is 0. The fourth-order valence-electron chi connectivity index (χ4n) is 7.42. The lowest BCUT2D eigenvalue weighted by molar-refractivity contribution is 0.301. The molecule has 2 saturated carbocycles.